The lowest BCUT2D eigenvalue weighted by atomic mass is 9.73. The topological polar surface area (TPSA) is 83.1 Å². The number of aromatic nitrogens is 1. The number of carbonyl (C=O) groups excluding carboxylic acids is 2. The Morgan fingerprint density at radius 2 is 1.30 bits per heavy atom. The number of hydrogen-bond acceptors (Lipinski definition) is 4. The van der Waals surface area contributed by atoms with Crippen LogP contribution in [-0.4, -0.2) is 36.1 Å². The molecule has 5 aromatic rings. The fourth-order valence-corrected chi connectivity index (χ4v) is 6.40. The number of hydrogen-bond donors (Lipinski definition) is 3. The summed E-state index contributed by atoms with van der Waals surface area (Å²) in [5.41, 5.74) is 2.57. The van der Waals surface area contributed by atoms with Gasteiger partial charge in [-0.2, -0.15) is 26.3 Å². The van der Waals surface area contributed by atoms with E-state index in [0.29, 0.717) is 40.9 Å². The van der Waals surface area contributed by atoms with Gasteiger partial charge in [0, 0.05) is 12.1 Å². The minimum Gasteiger partial charge on any atom is -0.384 e. The van der Waals surface area contributed by atoms with Gasteiger partial charge in [0.05, 0.1) is 17.4 Å². The number of nitrogens with one attached hydrogen (secondary N) is 3. The molecule has 256 valence electrons. The van der Waals surface area contributed by atoms with Crippen molar-refractivity contribution in [1.82, 2.24) is 10.3 Å². The summed E-state index contributed by atoms with van der Waals surface area (Å²) in [6.07, 6.45) is -6.89. The van der Waals surface area contributed by atoms with E-state index >= 15 is 0 Å². The first-order chi connectivity index (χ1) is 23.9. The van der Waals surface area contributed by atoms with Crippen LogP contribution in [0.5, 0.6) is 0 Å². The molecule has 0 aliphatic heterocycles. The number of alkyl halides is 6. The number of anilines is 2. The molecule has 2 amide bonds. The minimum absolute atomic E-state index is 0.234. The third-order valence-electron chi connectivity index (χ3n) is 8.66. The lowest BCUT2D eigenvalue weighted by Crippen LogP contribution is -2.47. The van der Waals surface area contributed by atoms with Crippen molar-refractivity contribution in [3.8, 4) is 22.3 Å². The Labute approximate surface area is 283 Å². The molecule has 0 saturated carbocycles. The first-order valence-electron chi connectivity index (χ1n) is 15.7. The molecular weight excluding hydrogens is 658 g/mol. The third-order valence-corrected chi connectivity index (χ3v) is 8.66. The zero-order chi connectivity index (χ0) is 35.5. The molecule has 0 unspecified atom stereocenters. The van der Waals surface area contributed by atoms with Crippen LogP contribution in [0.4, 0.5) is 37.8 Å². The second kappa shape index (κ2) is 13.7. The summed E-state index contributed by atoms with van der Waals surface area (Å²) < 4.78 is 78.5. The number of halogens is 6. The molecule has 0 saturated heterocycles. The quantitative estimate of drug-likeness (QED) is 0.101. The average Bonchev–Trinajstić information content (AvgIpc) is 3.39. The zero-order valence-electron chi connectivity index (χ0n) is 26.3. The van der Waals surface area contributed by atoms with E-state index in [-0.39, 0.29) is 17.8 Å². The number of amides is 2. The van der Waals surface area contributed by atoms with Crippen molar-refractivity contribution in [2.75, 3.05) is 23.7 Å². The first-order valence-corrected chi connectivity index (χ1v) is 15.7. The summed E-state index contributed by atoms with van der Waals surface area (Å²) in [5, 5.41) is 8.06. The highest BCUT2D eigenvalue weighted by Gasteiger charge is 2.49. The summed E-state index contributed by atoms with van der Waals surface area (Å²) in [6.45, 7) is -1.07. The highest BCUT2D eigenvalue weighted by molar-refractivity contribution is 6.08. The highest BCUT2D eigenvalue weighted by atomic mass is 19.4. The largest absolute Gasteiger partial charge is 0.416 e. The van der Waals surface area contributed by atoms with Crippen LogP contribution in [0.1, 0.15) is 39.9 Å². The van der Waals surface area contributed by atoms with Gasteiger partial charge in [0.2, 0.25) is 5.91 Å². The molecule has 0 spiro atoms. The van der Waals surface area contributed by atoms with Crippen molar-refractivity contribution in [3.63, 3.8) is 0 Å². The van der Waals surface area contributed by atoms with Crippen LogP contribution in [0.15, 0.2) is 115 Å². The lowest BCUT2D eigenvalue weighted by Gasteiger charge is -2.31. The summed E-state index contributed by atoms with van der Waals surface area (Å²) in [7, 11) is 0. The van der Waals surface area contributed by atoms with Crippen LogP contribution >= 0.6 is 0 Å². The van der Waals surface area contributed by atoms with Gasteiger partial charge >= 0.3 is 12.4 Å². The van der Waals surface area contributed by atoms with E-state index < -0.39 is 41.7 Å². The minimum atomic E-state index is -4.57. The second-order valence-electron chi connectivity index (χ2n) is 11.8. The molecule has 1 aliphatic carbocycles. The van der Waals surface area contributed by atoms with Crippen LogP contribution in [0.25, 0.3) is 22.3 Å². The summed E-state index contributed by atoms with van der Waals surface area (Å²) in [5.74, 6) is -0.976. The molecule has 6 nitrogen and oxygen atoms in total. The Morgan fingerprint density at radius 1 is 0.700 bits per heavy atom. The standard InChI is InChI=1S/C38H30F6N4O2/c39-37(40,41)23-47-35(50)36(31-12-5-3-9-28(31)29-10-4-6-13-32(29)36)20-7-21-45-26-18-19-33(46-22-26)48-34(49)30-11-2-1-8-27(30)24-14-16-25(17-15-24)38(42,43)44/h1-6,8-19,22,45H,7,20-21,23H2,(H,47,50)(H,46,48,49). The molecule has 1 aliphatic rings. The Balaban J connectivity index is 1.12. The average molecular weight is 689 g/mol. The monoisotopic (exact) mass is 688 g/mol. The molecule has 1 heterocycles. The molecule has 0 fully saturated rings. The highest BCUT2D eigenvalue weighted by Crippen LogP contribution is 2.51. The predicted octanol–water partition coefficient (Wildman–Crippen LogP) is 8.86. The van der Waals surface area contributed by atoms with E-state index in [2.05, 4.69) is 20.9 Å². The van der Waals surface area contributed by atoms with E-state index in [0.717, 1.165) is 23.3 Å². The first kappa shape index (κ1) is 34.2. The number of nitrogens with zero attached hydrogens (tertiary/aromatic N) is 1. The van der Waals surface area contributed by atoms with Crippen LogP contribution in [0.2, 0.25) is 0 Å². The Kier molecular flexibility index (Phi) is 9.37. The fraction of sp³-hybridized carbons (Fsp3) is 0.184. The Morgan fingerprint density at radius 3 is 1.88 bits per heavy atom. The van der Waals surface area contributed by atoms with Gasteiger partial charge in [0.25, 0.3) is 5.91 Å². The molecule has 6 rings (SSSR count). The van der Waals surface area contributed by atoms with Gasteiger partial charge < -0.3 is 16.0 Å². The molecule has 12 heteroatoms. The number of carbonyl (C=O) groups is 2. The molecule has 4 aromatic carbocycles. The van der Waals surface area contributed by atoms with Crippen molar-refractivity contribution >= 4 is 23.3 Å². The molecule has 3 N–H and O–H groups in total. The number of pyridine rings is 1. The van der Waals surface area contributed by atoms with Crippen LogP contribution in [0.3, 0.4) is 0 Å². The van der Waals surface area contributed by atoms with E-state index in [1.54, 1.807) is 60.7 Å². The SMILES string of the molecule is O=C(Nc1ccc(NCCCC2(C(=O)NCC(F)(F)F)c3ccccc3-c3ccccc32)cn1)c1ccccc1-c1ccc(C(F)(F)F)cc1. The molecule has 1 aromatic heterocycles. The van der Waals surface area contributed by atoms with Gasteiger partial charge in [-0.05, 0) is 76.6 Å². The van der Waals surface area contributed by atoms with Gasteiger partial charge in [-0.1, -0.05) is 78.9 Å². The molecule has 0 radical (unpaired) electrons. The summed E-state index contributed by atoms with van der Waals surface area (Å²) >= 11 is 0. The zero-order valence-corrected chi connectivity index (χ0v) is 26.3. The summed E-state index contributed by atoms with van der Waals surface area (Å²) in [4.78, 5) is 31.1. The van der Waals surface area contributed by atoms with E-state index in [1.165, 1.54) is 18.3 Å². The number of rotatable bonds is 10. The maximum Gasteiger partial charge on any atom is 0.416 e. The number of benzene rings is 4. The second-order valence-corrected chi connectivity index (χ2v) is 11.8. The number of fused-ring (bicyclic) bond motifs is 3. The Hall–Kier alpha value is -5.65. The van der Waals surface area contributed by atoms with Gasteiger partial charge in [0.15, 0.2) is 0 Å². The van der Waals surface area contributed by atoms with E-state index in [9.17, 15) is 35.9 Å². The predicted molar refractivity (Wildman–Crippen MR) is 179 cm³/mol. The summed E-state index contributed by atoms with van der Waals surface area (Å²) in [6, 6.07) is 28.9. The van der Waals surface area contributed by atoms with Gasteiger partial charge in [-0.25, -0.2) is 4.98 Å². The Bertz CT molecular complexity index is 1960. The van der Waals surface area contributed by atoms with Gasteiger partial charge in [-0.15, -0.1) is 0 Å². The van der Waals surface area contributed by atoms with Crippen molar-refractivity contribution in [1.29, 1.82) is 0 Å². The van der Waals surface area contributed by atoms with Crippen LogP contribution in [0, 0.1) is 0 Å². The molecular formula is C38H30F6N4O2. The van der Waals surface area contributed by atoms with Crippen LogP contribution in [-0.2, 0) is 16.4 Å². The smallest absolute Gasteiger partial charge is 0.384 e. The van der Waals surface area contributed by atoms with Crippen molar-refractivity contribution in [3.05, 3.63) is 138 Å². The normalized spacial score (nSPS) is 13.2. The van der Waals surface area contributed by atoms with Crippen molar-refractivity contribution in [2.45, 2.75) is 30.6 Å². The van der Waals surface area contributed by atoms with Crippen molar-refractivity contribution in [2.24, 2.45) is 0 Å². The van der Waals surface area contributed by atoms with E-state index in [1.807, 2.05) is 24.3 Å². The van der Waals surface area contributed by atoms with Crippen molar-refractivity contribution < 1.29 is 35.9 Å². The maximum absolute atomic E-state index is 13.7. The molecule has 50 heavy (non-hydrogen) atoms. The van der Waals surface area contributed by atoms with Gasteiger partial charge in [-0.3, -0.25) is 9.59 Å². The van der Waals surface area contributed by atoms with Gasteiger partial charge in [0.1, 0.15) is 17.8 Å². The van der Waals surface area contributed by atoms with E-state index in [4.69, 9.17) is 0 Å². The maximum atomic E-state index is 13.7. The van der Waals surface area contributed by atoms with Crippen LogP contribution < -0.4 is 16.0 Å². The fourth-order valence-electron chi connectivity index (χ4n) is 6.40. The molecule has 0 bridgehead atoms. The molecule has 0 atom stereocenters. The lowest BCUT2D eigenvalue weighted by molar-refractivity contribution is -0.141. The third kappa shape index (κ3) is 7.05.